The van der Waals surface area contributed by atoms with E-state index in [1.807, 2.05) is 0 Å². The van der Waals surface area contributed by atoms with E-state index in [1.54, 1.807) is 0 Å². The van der Waals surface area contributed by atoms with Gasteiger partial charge in [-0.2, -0.15) is 0 Å². The Kier molecular flexibility index (Phi) is 4.05. The third kappa shape index (κ3) is 2.80. The zero-order valence-electron chi connectivity index (χ0n) is 11.1. The van der Waals surface area contributed by atoms with Crippen molar-refractivity contribution in [3.8, 4) is 0 Å². The van der Waals surface area contributed by atoms with Gasteiger partial charge in [0, 0.05) is 18.6 Å². The molecular weight excluding hydrogens is 214 g/mol. The number of rotatable bonds is 4. The Balaban J connectivity index is 1.78. The van der Waals surface area contributed by atoms with Crippen molar-refractivity contribution in [1.29, 1.82) is 0 Å². The summed E-state index contributed by atoms with van der Waals surface area (Å²) in [5.74, 6) is 0.424. The highest BCUT2D eigenvalue weighted by atomic mass is 16.1. The van der Waals surface area contributed by atoms with Gasteiger partial charge in [-0.3, -0.25) is 4.79 Å². The lowest BCUT2D eigenvalue weighted by molar-refractivity contribution is -0.126. The third-order valence-corrected chi connectivity index (χ3v) is 4.49. The van der Waals surface area contributed by atoms with Crippen molar-refractivity contribution < 1.29 is 4.79 Å². The van der Waals surface area contributed by atoms with Crippen molar-refractivity contribution in [2.45, 2.75) is 37.6 Å². The molecule has 1 aliphatic carbocycles. The lowest BCUT2D eigenvalue weighted by Gasteiger charge is -2.47. The van der Waals surface area contributed by atoms with E-state index in [0.717, 1.165) is 32.5 Å². The molecule has 2 aliphatic rings. The Labute approximate surface area is 104 Å². The fourth-order valence-corrected chi connectivity index (χ4v) is 2.84. The van der Waals surface area contributed by atoms with Crippen LogP contribution in [0.2, 0.25) is 0 Å². The second-order valence-corrected chi connectivity index (χ2v) is 5.73. The molecule has 1 saturated carbocycles. The summed E-state index contributed by atoms with van der Waals surface area (Å²) in [5, 5.41) is 6.45. The molecule has 0 bridgehead atoms. The van der Waals surface area contributed by atoms with Crippen LogP contribution in [0.5, 0.6) is 0 Å². The van der Waals surface area contributed by atoms with Gasteiger partial charge in [0.05, 0.1) is 5.92 Å². The molecular formula is C13H25N3O. The summed E-state index contributed by atoms with van der Waals surface area (Å²) >= 11 is 0. The maximum absolute atomic E-state index is 12.0. The summed E-state index contributed by atoms with van der Waals surface area (Å²) in [5.41, 5.74) is 0.234. The smallest absolute Gasteiger partial charge is 0.224 e. The molecule has 1 heterocycles. The van der Waals surface area contributed by atoms with Gasteiger partial charge in [0.15, 0.2) is 0 Å². The van der Waals surface area contributed by atoms with E-state index >= 15 is 0 Å². The van der Waals surface area contributed by atoms with Crippen LogP contribution in [0.25, 0.3) is 0 Å². The molecule has 2 rings (SSSR count). The van der Waals surface area contributed by atoms with E-state index in [-0.39, 0.29) is 17.4 Å². The second kappa shape index (κ2) is 5.36. The van der Waals surface area contributed by atoms with Crippen molar-refractivity contribution in [1.82, 2.24) is 15.5 Å². The number of likely N-dealkylation sites (N-methyl/N-ethyl adjacent to an activating group) is 1. The molecule has 0 aromatic carbocycles. The van der Waals surface area contributed by atoms with E-state index in [4.69, 9.17) is 0 Å². The van der Waals surface area contributed by atoms with Crippen LogP contribution < -0.4 is 10.6 Å². The van der Waals surface area contributed by atoms with Crippen LogP contribution in [0.3, 0.4) is 0 Å². The molecule has 1 aliphatic heterocycles. The first-order chi connectivity index (χ1) is 8.14. The highest BCUT2D eigenvalue weighted by molar-refractivity contribution is 5.79. The van der Waals surface area contributed by atoms with Gasteiger partial charge in [0.2, 0.25) is 5.91 Å². The summed E-state index contributed by atoms with van der Waals surface area (Å²) in [6.45, 7) is 2.72. The number of piperidine rings is 1. The van der Waals surface area contributed by atoms with Crippen molar-refractivity contribution in [3.63, 3.8) is 0 Å². The predicted molar refractivity (Wildman–Crippen MR) is 68.9 cm³/mol. The van der Waals surface area contributed by atoms with Crippen molar-refractivity contribution in [2.75, 3.05) is 33.7 Å². The Morgan fingerprint density at radius 1 is 1.41 bits per heavy atom. The lowest BCUT2D eigenvalue weighted by Crippen LogP contribution is -2.58. The van der Waals surface area contributed by atoms with Crippen LogP contribution in [-0.2, 0) is 4.79 Å². The molecule has 0 radical (unpaired) electrons. The third-order valence-electron chi connectivity index (χ3n) is 4.49. The molecule has 1 atom stereocenters. The molecule has 98 valence electrons. The molecule has 4 nitrogen and oxygen atoms in total. The molecule has 1 unspecified atom stereocenters. The van der Waals surface area contributed by atoms with E-state index in [1.165, 1.54) is 19.3 Å². The maximum atomic E-state index is 12.0. The maximum Gasteiger partial charge on any atom is 0.224 e. The van der Waals surface area contributed by atoms with Crippen molar-refractivity contribution in [3.05, 3.63) is 0 Å². The van der Waals surface area contributed by atoms with Crippen LogP contribution >= 0.6 is 0 Å². The zero-order valence-corrected chi connectivity index (χ0v) is 11.1. The monoisotopic (exact) mass is 239 g/mol. The van der Waals surface area contributed by atoms with Gasteiger partial charge in [0.25, 0.3) is 0 Å². The minimum atomic E-state index is 0.183. The van der Waals surface area contributed by atoms with E-state index in [2.05, 4.69) is 29.6 Å². The lowest BCUT2D eigenvalue weighted by atomic mass is 9.75. The number of nitrogens with one attached hydrogen (secondary N) is 2. The molecule has 0 spiro atoms. The zero-order chi connectivity index (χ0) is 12.3. The van der Waals surface area contributed by atoms with Crippen LogP contribution in [0.4, 0.5) is 0 Å². The number of nitrogens with zero attached hydrogens (tertiary/aromatic N) is 1. The molecule has 1 saturated heterocycles. The quantitative estimate of drug-likeness (QED) is 0.754. The van der Waals surface area contributed by atoms with Crippen molar-refractivity contribution in [2.24, 2.45) is 5.92 Å². The molecule has 0 aromatic heterocycles. The highest BCUT2D eigenvalue weighted by Crippen LogP contribution is 2.35. The van der Waals surface area contributed by atoms with E-state index in [9.17, 15) is 4.79 Å². The van der Waals surface area contributed by atoms with Gasteiger partial charge in [0.1, 0.15) is 0 Å². The summed E-state index contributed by atoms with van der Waals surface area (Å²) in [6, 6.07) is 0. The average Bonchev–Trinajstić information content (AvgIpc) is 2.28. The largest absolute Gasteiger partial charge is 0.354 e. The first-order valence-electron chi connectivity index (χ1n) is 6.80. The fraction of sp³-hybridized carbons (Fsp3) is 0.923. The van der Waals surface area contributed by atoms with Gasteiger partial charge in [-0.05, 0) is 52.7 Å². The minimum absolute atomic E-state index is 0.183. The van der Waals surface area contributed by atoms with Crippen LogP contribution in [0.15, 0.2) is 0 Å². The van der Waals surface area contributed by atoms with Gasteiger partial charge < -0.3 is 15.5 Å². The second-order valence-electron chi connectivity index (χ2n) is 5.73. The molecule has 4 heteroatoms. The minimum Gasteiger partial charge on any atom is -0.354 e. The van der Waals surface area contributed by atoms with Gasteiger partial charge >= 0.3 is 0 Å². The fourth-order valence-electron chi connectivity index (χ4n) is 2.84. The summed E-state index contributed by atoms with van der Waals surface area (Å²) in [4.78, 5) is 14.3. The number of hydrogen-bond acceptors (Lipinski definition) is 3. The number of amides is 1. The Morgan fingerprint density at radius 3 is 2.65 bits per heavy atom. The Bertz CT molecular complexity index is 268. The highest BCUT2D eigenvalue weighted by Gasteiger charge is 2.39. The molecule has 1 amide bonds. The topological polar surface area (TPSA) is 44.4 Å². The van der Waals surface area contributed by atoms with Crippen molar-refractivity contribution >= 4 is 5.91 Å². The van der Waals surface area contributed by atoms with Crippen LogP contribution in [0.1, 0.15) is 32.1 Å². The number of carbonyl (C=O) groups is 1. The van der Waals surface area contributed by atoms with Gasteiger partial charge in [-0.15, -0.1) is 0 Å². The SMILES string of the molecule is CN(C)C1(CNC(=O)C2CCCNC2)CCC1. The first kappa shape index (κ1) is 12.8. The van der Waals surface area contributed by atoms with Gasteiger partial charge in [-0.25, -0.2) is 0 Å². The molecule has 0 aromatic rings. The summed E-state index contributed by atoms with van der Waals surface area (Å²) in [7, 11) is 4.24. The normalized spacial score (nSPS) is 27.6. The van der Waals surface area contributed by atoms with Crippen LogP contribution in [-0.4, -0.2) is 50.1 Å². The Hall–Kier alpha value is -0.610. The standard InChI is InChI=1S/C13H25N3O/c1-16(2)13(6-4-7-13)10-15-12(17)11-5-3-8-14-9-11/h11,14H,3-10H2,1-2H3,(H,15,17). The van der Waals surface area contributed by atoms with E-state index in [0.29, 0.717) is 0 Å². The first-order valence-corrected chi connectivity index (χ1v) is 6.80. The predicted octanol–water partition coefficient (Wildman–Crippen LogP) is 0.586. The Morgan fingerprint density at radius 2 is 2.18 bits per heavy atom. The number of carbonyl (C=O) groups excluding carboxylic acids is 1. The number of hydrogen-bond donors (Lipinski definition) is 2. The van der Waals surface area contributed by atoms with Crippen LogP contribution in [0, 0.1) is 5.92 Å². The van der Waals surface area contributed by atoms with E-state index < -0.39 is 0 Å². The summed E-state index contributed by atoms with van der Waals surface area (Å²) in [6.07, 6.45) is 5.87. The molecule has 2 fully saturated rings. The molecule has 2 N–H and O–H groups in total. The summed E-state index contributed by atoms with van der Waals surface area (Å²) < 4.78 is 0. The van der Waals surface area contributed by atoms with Gasteiger partial charge in [-0.1, -0.05) is 0 Å². The average molecular weight is 239 g/mol. The molecule has 17 heavy (non-hydrogen) atoms.